The van der Waals surface area contributed by atoms with Crippen LogP contribution in [0.2, 0.25) is 0 Å². The Balaban J connectivity index is 0. The van der Waals surface area contributed by atoms with E-state index in [1.807, 2.05) is 6.92 Å². The topological polar surface area (TPSA) is 55.7 Å². The summed E-state index contributed by atoms with van der Waals surface area (Å²) in [7, 11) is 0. The number of Topliss-reactive ketones (excluding diaryl/α,β-unsaturated/α-hetero) is 1. The summed E-state index contributed by atoms with van der Waals surface area (Å²) in [5.41, 5.74) is 0.736. The van der Waals surface area contributed by atoms with Crippen molar-refractivity contribution in [1.82, 2.24) is 0 Å². The fourth-order valence-corrected chi connectivity index (χ4v) is 0.508. The molecule has 0 aromatic heterocycles. The Hall–Kier alpha value is -1.19. The van der Waals surface area contributed by atoms with Gasteiger partial charge in [-0.05, 0) is 27.2 Å². The summed E-state index contributed by atoms with van der Waals surface area (Å²) in [5.74, 6) is -0.0938. The monoisotopic (exact) mass is 201 g/mol. The van der Waals surface area contributed by atoms with E-state index < -0.39 is 0 Å². The third kappa shape index (κ3) is 22.4. The normalized spacial score (nSPS) is 8.07. The van der Waals surface area contributed by atoms with Crippen molar-refractivity contribution in [2.75, 3.05) is 0 Å². The number of nitrogens with zero attached hydrogens (tertiary/aromatic N) is 1. The molecule has 0 rings (SSSR count). The van der Waals surface area contributed by atoms with Crippen LogP contribution in [0.4, 0.5) is 0 Å². The molecule has 0 bridgehead atoms. The van der Waals surface area contributed by atoms with E-state index in [4.69, 9.17) is 0 Å². The molecule has 0 aliphatic heterocycles. The smallest absolute Gasteiger partial charge is 0.319 e. The summed E-state index contributed by atoms with van der Waals surface area (Å²) in [6.45, 7) is 8.43. The number of hydrogen-bond acceptors (Lipinski definition) is 4. The van der Waals surface area contributed by atoms with Crippen LogP contribution < -0.4 is 0 Å². The van der Waals surface area contributed by atoms with Gasteiger partial charge in [-0.15, -0.1) is 0 Å². The third-order valence-electron chi connectivity index (χ3n) is 0.959. The number of oxime groups is 1. The molecule has 0 saturated carbocycles. The van der Waals surface area contributed by atoms with Crippen LogP contribution in [0, 0.1) is 0 Å². The van der Waals surface area contributed by atoms with Crippen molar-refractivity contribution >= 4 is 17.5 Å². The van der Waals surface area contributed by atoms with Crippen molar-refractivity contribution in [2.24, 2.45) is 5.16 Å². The lowest BCUT2D eigenvalue weighted by atomic mass is 10.3. The van der Waals surface area contributed by atoms with Crippen LogP contribution in [0.5, 0.6) is 0 Å². The maximum absolute atomic E-state index is 10.0. The molecule has 14 heavy (non-hydrogen) atoms. The highest BCUT2D eigenvalue weighted by Gasteiger charge is 1.86. The molecule has 0 aromatic carbocycles. The minimum absolute atomic E-state index is 0.289. The Morgan fingerprint density at radius 1 is 1.14 bits per heavy atom. The number of rotatable bonds is 3. The van der Waals surface area contributed by atoms with Gasteiger partial charge in [0.15, 0.2) is 0 Å². The summed E-state index contributed by atoms with van der Waals surface area (Å²) in [4.78, 5) is 24.3. The second-order valence-corrected chi connectivity index (χ2v) is 3.07. The van der Waals surface area contributed by atoms with E-state index >= 15 is 0 Å². The van der Waals surface area contributed by atoms with Gasteiger partial charge >= 0.3 is 5.97 Å². The fraction of sp³-hybridized carbons (Fsp3) is 0.700. The molecule has 0 radical (unpaired) electrons. The third-order valence-corrected chi connectivity index (χ3v) is 0.959. The maximum atomic E-state index is 10.0. The summed E-state index contributed by atoms with van der Waals surface area (Å²) in [5, 5.41) is 3.39. The first-order valence-corrected chi connectivity index (χ1v) is 4.58. The second-order valence-electron chi connectivity index (χ2n) is 3.07. The molecule has 82 valence electrons. The SMILES string of the molecule is CC(=O)ON=C(C)C.CCCC(C)=O. The molecule has 0 atom stereocenters. The number of ketones is 1. The van der Waals surface area contributed by atoms with Crippen LogP contribution in [0.3, 0.4) is 0 Å². The highest BCUT2D eigenvalue weighted by Crippen LogP contribution is 1.84. The zero-order valence-corrected chi connectivity index (χ0v) is 9.59. The number of carbonyl (C=O) groups excluding carboxylic acids is 2. The standard InChI is InChI=1S/C5H9NO2.C5H10O/c1-4(2)6-8-5(3)7;1-3-4-5(2)6/h1-3H3;3-4H2,1-2H3. The molecule has 0 N–H and O–H groups in total. The summed E-state index contributed by atoms with van der Waals surface area (Å²) in [6, 6.07) is 0. The summed E-state index contributed by atoms with van der Waals surface area (Å²) < 4.78 is 0. The van der Waals surface area contributed by atoms with E-state index in [-0.39, 0.29) is 11.8 Å². The van der Waals surface area contributed by atoms with Crippen LogP contribution >= 0.6 is 0 Å². The van der Waals surface area contributed by atoms with Gasteiger partial charge in [-0.2, -0.15) is 0 Å². The van der Waals surface area contributed by atoms with Crippen LogP contribution in [0.15, 0.2) is 5.16 Å². The largest absolute Gasteiger partial charge is 0.331 e. The zero-order chi connectivity index (χ0) is 11.6. The van der Waals surface area contributed by atoms with Crippen molar-refractivity contribution < 1.29 is 14.4 Å². The summed E-state index contributed by atoms with van der Waals surface area (Å²) >= 11 is 0. The van der Waals surface area contributed by atoms with E-state index in [1.54, 1.807) is 20.8 Å². The molecule has 0 amide bonds. The van der Waals surface area contributed by atoms with Crippen LogP contribution in [0.25, 0.3) is 0 Å². The Bertz CT molecular complexity index is 205. The first-order valence-electron chi connectivity index (χ1n) is 4.58. The molecule has 0 heterocycles. The lowest BCUT2D eigenvalue weighted by Crippen LogP contribution is -1.93. The van der Waals surface area contributed by atoms with Gasteiger partial charge in [0, 0.05) is 13.3 Å². The van der Waals surface area contributed by atoms with E-state index in [9.17, 15) is 9.59 Å². The lowest BCUT2D eigenvalue weighted by Gasteiger charge is -1.88. The Kier molecular flexibility index (Phi) is 10.8. The minimum Gasteiger partial charge on any atom is -0.319 e. The van der Waals surface area contributed by atoms with Crippen LogP contribution in [0.1, 0.15) is 47.5 Å². The zero-order valence-electron chi connectivity index (χ0n) is 9.59. The highest BCUT2D eigenvalue weighted by atomic mass is 16.7. The predicted molar refractivity (Wildman–Crippen MR) is 56.1 cm³/mol. The van der Waals surface area contributed by atoms with E-state index in [2.05, 4.69) is 9.99 Å². The molecule has 0 saturated heterocycles. The molecular weight excluding hydrogens is 182 g/mol. The number of hydrogen-bond donors (Lipinski definition) is 0. The van der Waals surface area contributed by atoms with Gasteiger partial charge in [-0.1, -0.05) is 12.1 Å². The van der Waals surface area contributed by atoms with E-state index in [0.717, 1.165) is 18.6 Å². The highest BCUT2D eigenvalue weighted by molar-refractivity contribution is 5.79. The van der Waals surface area contributed by atoms with Gasteiger partial charge in [0.05, 0.1) is 5.71 Å². The van der Waals surface area contributed by atoms with Crippen molar-refractivity contribution in [2.45, 2.75) is 47.5 Å². The molecule has 0 aromatic rings. The maximum Gasteiger partial charge on any atom is 0.331 e. The van der Waals surface area contributed by atoms with Gasteiger partial charge in [-0.3, -0.25) is 0 Å². The Labute approximate surface area is 85.3 Å². The van der Waals surface area contributed by atoms with Gasteiger partial charge in [0.1, 0.15) is 5.78 Å². The number of carbonyl (C=O) groups is 2. The molecule has 0 aliphatic carbocycles. The Morgan fingerprint density at radius 3 is 1.71 bits per heavy atom. The minimum atomic E-state index is -0.383. The molecule has 4 heteroatoms. The average molecular weight is 201 g/mol. The van der Waals surface area contributed by atoms with Gasteiger partial charge in [0.25, 0.3) is 0 Å². The fourth-order valence-electron chi connectivity index (χ4n) is 0.508. The Morgan fingerprint density at radius 2 is 1.64 bits per heavy atom. The molecule has 0 aliphatic rings. The first kappa shape index (κ1) is 15.3. The average Bonchev–Trinajstić information content (AvgIpc) is 2.01. The van der Waals surface area contributed by atoms with E-state index in [1.165, 1.54) is 6.92 Å². The van der Waals surface area contributed by atoms with Crippen LogP contribution in [-0.4, -0.2) is 17.5 Å². The lowest BCUT2D eigenvalue weighted by molar-refractivity contribution is -0.140. The second kappa shape index (κ2) is 9.89. The first-order chi connectivity index (χ1) is 6.40. The molecule has 0 spiro atoms. The van der Waals surface area contributed by atoms with Crippen LogP contribution in [-0.2, 0) is 14.4 Å². The molecule has 0 fully saturated rings. The molecule has 0 unspecified atom stereocenters. The molecular formula is C10H19NO3. The molecule has 4 nitrogen and oxygen atoms in total. The van der Waals surface area contributed by atoms with E-state index in [0.29, 0.717) is 0 Å². The van der Waals surface area contributed by atoms with Gasteiger partial charge < -0.3 is 9.63 Å². The van der Waals surface area contributed by atoms with Crippen molar-refractivity contribution in [3.63, 3.8) is 0 Å². The van der Waals surface area contributed by atoms with Crippen molar-refractivity contribution in [3.05, 3.63) is 0 Å². The quantitative estimate of drug-likeness (QED) is 0.400. The van der Waals surface area contributed by atoms with Crippen molar-refractivity contribution in [1.29, 1.82) is 0 Å². The van der Waals surface area contributed by atoms with Gasteiger partial charge in [0.2, 0.25) is 0 Å². The predicted octanol–water partition coefficient (Wildman–Crippen LogP) is 2.32. The van der Waals surface area contributed by atoms with Crippen molar-refractivity contribution in [3.8, 4) is 0 Å². The summed E-state index contributed by atoms with van der Waals surface area (Å²) in [6.07, 6.45) is 1.72. The van der Waals surface area contributed by atoms with Gasteiger partial charge in [-0.25, -0.2) is 4.79 Å².